The summed E-state index contributed by atoms with van der Waals surface area (Å²) in [6.07, 6.45) is 1.39. The molecule has 5 nitrogen and oxygen atoms in total. The van der Waals surface area contributed by atoms with E-state index in [-0.39, 0.29) is 17.7 Å². The van der Waals surface area contributed by atoms with Gasteiger partial charge < -0.3 is 10.1 Å². The number of nitrogens with one attached hydrogen (secondary N) is 1. The first-order valence-corrected chi connectivity index (χ1v) is 8.22. The third kappa shape index (κ3) is 4.30. The highest BCUT2D eigenvalue weighted by atomic mass is 35.5. The number of hydrogen-bond donors (Lipinski definition) is 1. The number of aromatic nitrogens is 1. The van der Waals surface area contributed by atoms with Crippen molar-refractivity contribution in [2.45, 2.75) is 19.8 Å². The molecule has 2 rings (SSSR count). The van der Waals surface area contributed by atoms with Crippen molar-refractivity contribution in [2.75, 3.05) is 12.4 Å². The number of nitrogens with zero attached hydrogens (tertiary/aromatic N) is 1. The fraction of sp³-hybridized carbons (Fsp3) is 0.312. The summed E-state index contributed by atoms with van der Waals surface area (Å²) in [6.45, 7) is 3.95. The van der Waals surface area contributed by atoms with Crippen LogP contribution >= 0.6 is 22.9 Å². The highest BCUT2D eigenvalue weighted by Gasteiger charge is 2.25. The first-order valence-electron chi connectivity index (χ1n) is 7.03. The zero-order valence-electron chi connectivity index (χ0n) is 13.0. The normalized spacial score (nSPS) is 12.0. The van der Waals surface area contributed by atoms with Crippen molar-refractivity contribution in [1.82, 2.24) is 4.98 Å². The summed E-state index contributed by atoms with van der Waals surface area (Å²) >= 11 is 6.98. The summed E-state index contributed by atoms with van der Waals surface area (Å²) in [5.74, 6) is -0.886. The number of benzene rings is 1. The van der Waals surface area contributed by atoms with Crippen LogP contribution in [0.1, 0.15) is 35.0 Å². The molecule has 0 aliphatic carbocycles. The summed E-state index contributed by atoms with van der Waals surface area (Å²) in [6, 6.07) is 7.21. The summed E-state index contributed by atoms with van der Waals surface area (Å²) < 4.78 is 4.63. The molecule has 122 valence electrons. The number of methoxy groups -OCH3 is 1. The number of thiazole rings is 1. The van der Waals surface area contributed by atoms with Gasteiger partial charge in [0.2, 0.25) is 5.91 Å². The molecular weight excluding hydrogens is 336 g/mol. The number of carbonyl (C=O) groups is 2. The molecule has 0 aliphatic rings. The Balaban J connectivity index is 2.17. The molecule has 23 heavy (non-hydrogen) atoms. The summed E-state index contributed by atoms with van der Waals surface area (Å²) in [5, 5.41) is 3.76. The van der Waals surface area contributed by atoms with Gasteiger partial charge in [-0.05, 0) is 23.6 Å². The Kier molecular flexibility index (Phi) is 5.74. The first kappa shape index (κ1) is 17.4. The van der Waals surface area contributed by atoms with Gasteiger partial charge in [-0.3, -0.25) is 4.79 Å². The lowest BCUT2D eigenvalue weighted by atomic mass is 9.88. The van der Waals surface area contributed by atoms with E-state index in [0.29, 0.717) is 15.0 Å². The molecule has 2 aromatic rings. The van der Waals surface area contributed by atoms with Crippen molar-refractivity contribution in [3.63, 3.8) is 0 Å². The maximum absolute atomic E-state index is 12.6. The predicted octanol–water partition coefficient (Wildman–Crippen LogP) is 3.96. The Labute approximate surface area is 143 Å². The third-order valence-corrected chi connectivity index (χ3v) is 4.45. The van der Waals surface area contributed by atoms with E-state index in [1.807, 2.05) is 26.0 Å². The van der Waals surface area contributed by atoms with Gasteiger partial charge in [-0.25, -0.2) is 9.78 Å². The SMILES string of the molecule is COC(=O)c1cnc(NC(=O)[C@H](c2ccc(Cl)cc2)C(C)C)s1. The van der Waals surface area contributed by atoms with Gasteiger partial charge in [0.15, 0.2) is 5.13 Å². The molecule has 0 spiro atoms. The number of rotatable bonds is 5. The minimum absolute atomic E-state index is 0.0937. The lowest BCUT2D eigenvalue weighted by Gasteiger charge is -2.20. The maximum Gasteiger partial charge on any atom is 0.349 e. The molecule has 1 amide bonds. The van der Waals surface area contributed by atoms with Crippen LogP contribution < -0.4 is 5.32 Å². The Hall–Kier alpha value is -1.92. The molecule has 1 N–H and O–H groups in total. The summed E-state index contributed by atoms with van der Waals surface area (Å²) in [7, 11) is 1.30. The van der Waals surface area contributed by atoms with Crippen LogP contribution in [0, 0.1) is 5.92 Å². The van der Waals surface area contributed by atoms with E-state index < -0.39 is 5.97 Å². The lowest BCUT2D eigenvalue weighted by Crippen LogP contribution is -2.25. The van der Waals surface area contributed by atoms with Crippen molar-refractivity contribution in [1.29, 1.82) is 0 Å². The predicted molar refractivity (Wildman–Crippen MR) is 91.1 cm³/mol. The van der Waals surface area contributed by atoms with E-state index >= 15 is 0 Å². The lowest BCUT2D eigenvalue weighted by molar-refractivity contribution is -0.118. The number of anilines is 1. The van der Waals surface area contributed by atoms with Gasteiger partial charge in [-0.15, -0.1) is 0 Å². The van der Waals surface area contributed by atoms with Crippen molar-refractivity contribution >= 4 is 39.9 Å². The van der Waals surface area contributed by atoms with E-state index in [0.717, 1.165) is 16.9 Å². The van der Waals surface area contributed by atoms with E-state index in [1.165, 1.54) is 13.3 Å². The molecule has 7 heteroatoms. The second-order valence-corrected chi connectivity index (χ2v) is 6.75. The molecule has 0 saturated carbocycles. The molecule has 1 aromatic heterocycles. The number of amides is 1. The average molecular weight is 353 g/mol. The van der Waals surface area contributed by atoms with Gasteiger partial charge in [0, 0.05) is 5.02 Å². The second kappa shape index (κ2) is 7.57. The van der Waals surface area contributed by atoms with Gasteiger partial charge in [-0.1, -0.05) is 48.9 Å². The van der Waals surface area contributed by atoms with Crippen LogP contribution in [0.2, 0.25) is 5.02 Å². The van der Waals surface area contributed by atoms with Crippen LogP contribution in [0.25, 0.3) is 0 Å². The topological polar surface area (TPSA) is 68.3 Å². The van der Waals surface area contributed by atoms with Gasteiger partial charge in [0.25, 0.3) is 0 Å². The van der Waals surface area contributed by atoms with E-state index in [2.05, 4.69) is 15.0 Å². The highest BCUT2D eigenvalue weighted by Crippen LogP contribution is 2.28. The van der Waals surface area contributed by atoms with Gasteiger partial charge in [-0.2, -0.15) is 0 Å². The molecule has 1 atom stereocenters. The van der Waals surface area contributed by atoms with E-state index in [9.17, 15) is 9.59 Å². The Morgan fingerprint density at radius 2 is 1.91 bits per heavy atom. The number of hydrogen-bond acceptors (Lipinski definition) is 5. The number of ether oxygens (including phenoxy) is 1. The van der Waals surface area contributed by atoms with E-state index in [1.54, 1.807) is 12.1 Å². The maximum atomic E-state index is 12.6. The molecule has 1 heterocycles. The monoisotopic (exact) mass is 352 g/mol. The molecule has 1 aromatic carbocycles. The van der Waals surface area contributed by atoms with Crippen molar-refractivity contribution in [2.24, 2.45) is 5.92 Å². The number of esters is 1. The zero-order valence-corrected chi connectivity index (χ0v) is 14.6. The quantitative estimate of drug-likeness (QED) is 0.827. The van der Waals surface area contributed by atoms with Crippen LogP contribution in [0.4, 0.5) is 5.13 Å². The molecule has 0 radical (unpaired) electrons. The minimum Gasteiger partial charge on any atom is -0.465 e. The molecule has 0 unspecified atom stereocenters. The fourth-order valence-electron chi connectivity index (χ4n) is 2.22. The molecule has 0 aliphatic heterocycles. The fourth-order valence-corrected chi connectivity index (χ4v) is 3.08. The highest BCUT2D eigenvalue weighted by molar-refractivity contribution is 7.17. The van der Waals surface area contributed by atoms with Crippen LogP contribution in [0.3, 0.4) is 0 Å². The van der Waals surface area contributed by atoms with Crippen LogP contribution in [-0.2, 0) is 9.53 Å². The number of carbonyl (C=O) groups excluding carboxylic acids is 2. The van der Waals surface area contributed by atoms with Crippen molar-refractivity contribution < 1.29 is 14.3 Å². The zero-order chi connectivity index (χ0) is 17.0. The number of halogens is 1. The van der Waals surface area contributed by atoms with Gasteiger partial charge in [0.05, 0.1) is 19.2 Å². The Morgan fingerprint density at radius 1 is 1.26 bits per heavy atom. The Bertz CT molecular complexity index is 698. The Morgan fingerprint density at radius 3 is 2.48 bits per heavy atom. The molecule has 0 bridgehead atoms. The molecule has 0 fully saturated rings. The van der Waals surface area contributed by atoms with Crippen molar-refractivity contribution in [3.05, 3.63) is 45.9 Å². The summed E-state index contributed by atoms with van der Waals surface area (Å²) in [5.41, 5.74) is 0.881. The van der Waals surface area contributed by atoms with Crippen LogP contribution in [0.15, 0.2) is 30.5 Å². The van der Waals surface area contributed by atoms with Crippen molar-refractivity contribution in [3.8, 4) is 0 Å². The van der Waals surface area contributed by atoms with Gasteiger partial charge >= 0.3 is 5.97 Å². The summed E-state index contributed by atoms with van der Waals surface area (Å²) in [4.78, 5) is 28.4. The molecular formula is C16H17ClN2O3S. The molecule has 0 saturated heterocycles. The standard InChI is InChI=1S/C16H17ClN2O3S/c1-9(2)13(10-4-6-11(17)7-5-10)14(20)19-16-18-8-12(23-16)15(21)22-3/h4-9,13H,1-3H3,(H,18,19,20)/t13-/m0/s1. The van der Waals surface area contributed by atoms with Crippen LogP contribution in [0.5, 0.6) is 0 Å². The van der Waals surface area contributed by atoms with Gasteiger partial charge in [0.1, 0.15) is 4.88 Å². The first-order chi connectivity index (χ1) is 10.9. The largest absolute Gasteiger partial charge is 0.465 e. The smallest absolute Gasteiger partial charge is 0.349 e. The minimum atomic E-state index is -0.471. The van der Waals surface area contributed by atoms with E-state index in [4.69, 9.17) is 11.6 Å². The third-order valence-electron chi connectivity index (χ3n) is 3.30. The second-order valence-electron chi connectivity index (χ2n) is 5.28. The average Bonchev–Trinajstić information content (AvgIpc) is 2.96. The van der Waals surface area contributed by atoms with Crippen LogP contribution in [-0.4, -0.2) is 24.0 Å².